The van der Waals surface area contributed by atoms with Crippen molar-refractivity contribution in [2.45, 2.75) is 32.2 Å². The van der Waals surface area contributed by atoms with E-state index in [0.717, 1.165) is 48.6 Å². The molecule has 2 aromatic rings. The third-order valence-corrected chi connectivity index (χ3v) is 4.42. The second-order valence-electron chi connectivity index (χ2n) is 6.42. The molecule has 0 bridgehead atoms. The van der Waals surface area contributed by atoms with Gasteiger partial charge >= 0.3 is 0 Å². The average Bonchev–Trinajstić information content (AvgIpc) is 2.48. The minimum atomic E-state index is -0.0729. The number of anilines is 2. The summed E-state index contributed by atoms with van der Waals surface area (Å²) in [5.74, 6) is 1.32. The molecule has 116 valence electrons. The molecule has 3 rings (SSSR count). The Kier molecular flexibility index (Phi) is 3.74. The van der Waals surface area contributed by atoms with Gasteiger partial charge in [0.25, 0.3) is 0 Å². The number of hydrogen-bond donors (Lipinski definition) is 2. The minimum Gasteiger partial charge on any atom is -0.382 e. The van der Waals surface area contributed by atoms with Gasteiger partial charge in [-0.15, -0.1) is 0 Å². The highest BCUT2D eigenvalue weighted by Crippen LogP contribution is 2.28. The molecule has 5 nitrogen and oxygen atoms in total. The lowest BCUT2D eigenvalue weighted by atomic mass is 9.91. The SMILES string of the molecule is Cc1ccccc1-c1ncc(N2CCC(C)(N)CC2)nc1N. The zero-order valence-corrected chi connectivity index (χ0v) is 13.2. The Bertz CT molecular complexity index is 670. The third kappa shape index (κ3) is 2.90. The smallest absolute Gasteiger partial charge is 0.152 e. The highest BCUT2D eigenvalue weighted by atomic mass is 15.2. The van der Waals surface area contributed by atoms with Gasteiger partial charge in [-0.25, -0.2) is 9.97 Å². The van der Waals surface area contributed by atoms with Gasteiger partial charge in [-0.05, 0) is 32.3 Å². The Morgan fingerprint density at radius 1 is 1.18 bits per heavy atom. The highest BCUT2D eigenvalue weighted by molar-refractivity contribution is 5.73. The van der Waals surface area contributed by atoms with Crippen LogP contribution in [0.5, 0.6) is 0 Å². The van der Waals surface area contributed by atoms with Crippen LogP contribution in [0.1, 0.15) is 25.3 Å². The largest absolute Gasteiger partial charge is 0.382 e. The van der Waals surface area contributed by atoms with E-state index in [4.69, 9.17) is 11.5 Å². The summed E-state index contributed by atoms with van der Waals surface area (Å²) in [6.07, 6.45) is 3.72. The molecule has 5 heteroatoms. The van der Waals surface area contributed by atoms with Crippen LogP contribution >= 0.6 is 0 Å². The molecule has 0 amide bonds. The summed E-state index contributed by atoms with van der Waals surface area (Å²) in [4.78, 5) is 11.3. The number of aryl methyl sites for hydroxylation is 1. The van der Waals surface area contributed by atoms with Crippen molar-refractivity contribution in [3.63, 3.8) is 0 Å². The lowest BCUT2D eigenvalue weighted by Crippen LogP contribution is -2.48. The topological polar surface area (TPSA) is 81.1 Å². The maximum Gasteiger partial charge on any atom is 0.152 e. The molecule has 2 heterocycles. The fourth-order valence-electron chi connectivity index (χ4n) is 2.84. The van der Waals surface area contributed by atoms with Crippen LogP contribution in [0.2, 0.25) is 0 Å². The number of piperidine rings is 1. The van der Waals surface area contributed by atoms with Crippen LogP contribution in [-0.4, -0.2) is 28.6 Å². The predicted octanol–water partition coefficient (Wildman–Crippen LogP) is 2.35. The van der Waals surface area contributed by atoms with Crippen molar-refractivity contribution in [1.29, 1.82) is 0 Å². The van der Waals surface area contributed by atoms with Gasteiger partial charge in [0, 0.05) is 24.2 Å². The van der Waals surface area contributed by atoms with E-state index in [-0.39, 0.29) is 5.54 Å². The van der Waals surface area contributed by atoms with E-state index in [2.05, 4.69) is 34.8 Å². The first kappa shape index (κ1) is 14.8. The van der Waals surface area contributed by atoms with Gasteiger partial charge in [-0.2, -0.15) is 0 Å². The molecule has 1 aromatic heterocycles. The summed E-state index contributed by atoms with van der Waals surface area (Å²) in [7, 11) is 0. The van der Waals surface area contributed by atoms with Crippen molar-refractivity contribution in [2.24, 2.45) is 5.73 Å². The molecule has 0 saturated carbocycles. The van der Waals surface area contributed by atoms with Crippen LogP contribution in [0, 0.1) is 6.92 Å². The summed E-state index contributed by atoms with van der Waals surface area (Å²) in [5.41, 5.74) is 15.2. The normalized spacial score (nSPS) is 17.5. The predicted molar refractivity (Wildman–Crippen MR) is 90.7 cm³/mol. The molecule has 0 atom stereocenters. The first-order valence-electron chi connectivity index (χ1n) is 7.69. The second kappa shape index (κ2) is 5.57. The van der Waals surface area contributed by atoms with E-state index in [1.165, 1.54) is 0 Å². The molecular weight excluding hydrogens is 274 g/mol. The molecule has 22 heavy (non-hydrogen) atoms. The summed E-state index contributed by atoms with van der Waals surface area (Å²) >= 11 is 0. The summed E-state index contributed by atoms with van der Waals surface area (Å²) in [6, 6.07) is 8.08. The van der Waals surface area contributed by atoms with E-state index in [1.807, 2.05) is 24.4 Å². The summed E-state index contributed by atoms with van der Waals surface area (Å²) in [5, 5.41) is 0. The molecule has 1 aliphatic rings. The molecule has 0 spiro atoms. The highest BCUT2D eigenvalue weighted by Gasteiger charge is 2.26. The van der Waals surface area contributed by atoms with Crippen molar-refractivity contribution < 1.29 is 0 Å². The number of nitrogen functional groups attached to an aromatic ring is 1. The van der Waals surface area contributed by atoms with Crippen LogP contribution < -0.4 is 16.4 Å². The van der Waals surface area contributed by atoms with Gasteiger partial charge in [-0.1, -0.05) is 24.3 Å². The van der Waals surface area contributed by atoms with Crippen LogP contribution in [0.15, 0.2) is 30.5 Å². The molecular formula is C17H23N5. The van der Waals surface area contributed by atoms with Crippen LogP contribution in [0.25, 0.3) is 11.3 Å². The van der Waals surface area contributed by atoms with Gasteiger partial charge in [-0.3, -0.25) is 0 Å². The lowest BCUT2D eigenvalue weighted by Gasteiger charge is -2.37. The zero-order valence-electron chi connectivity index (χ0n) is 13.2. The van der Waals surface area contributed by atoms with Gasteiger partial charge in [0.1, 0.15) is 11.5 Å². The van der Waals surface area contributed by atoms with Gasteiger partial charge in [0.05, 0.1) is 6.20 Å². The van der Waals surface area contributed by atoms with Crippen molar-refractivity contribution in [2.75, 3.05) is 23.7 Å². The number of nitrogens with zero attached hydrogens (tertiary/aromatic N) is 3. The third-order valence-electron chi connectivity index (χ3n) is 4.42. The zero-order chi connectivity index (χ0) is 15.7. The average molecular weight is 297 g/mol. The first-order valence-corrected chi connectivity index (χ1v) is 7.69. The Hall–Kier alpha value is -2.14. The summed E-state index contributed by atoms with van der Waals surface area (Å²) in [6.45, 7) is 5.94. The Labute approximate surface area is 131 Å². The number of rotatable bonds is 2. The fourth-order valence-corrected chi connectivity index (χ4v) is 2.84. The van der Waals surface area contributed by atoms with E-state index in [0.29, 0.717) is 5.82 Å². The van der Waals surface area contributed by atoms with E-state index < -0.39 is 0 Å². The van der Waals surface area contributed by atoms with Gasteiger partial charge in [0.2, 0.25) is 0 Å². The molecule has 0 aliphatic carbocycles. The van der Waals surface area contributed by atoms with Crippen LogP contribution in [0.4, 0.5) is 11.6 Å². The number of nitrogens with two attached hydrogens (primary N) is 2. The Morgan fingerprint density at radius 3 is 2.50 bits per heavy atom. The van der Waals surface area contributed by atoms with Crippen LogP contribution in [0.3, 0.4) is 0 Å². The van der Waals surface area contributed by atoms with Gasteiger partial charge in [0.15, 0.2) is 5.82 Å². The standard InChI is InChI=1S/C17H23N5/c1-12-5-3-4-6-13(12)15-16(18)21-14(11-20-15)22-9-7-17(2,19)8-10-22/h3-6,11H,7-10,19H2,1-2H3,(H2,18,21). The molecule has 4 N–H and O–H groups in total. The van der Waals surface area contributed by atoms with Crippen molar-refractivity contribution in [1.82, 2.24) is 9.97 Å². The second-order valence-corrected chi connectivity index (χ2v) is 6.42. The molecule has 1 saturated heterocycles. The quantitative estimate of drug-likeness (QED) is 0.889. The van der Waals surface area contributed by atoms with Crippen molar-refractivity contribution in [3.8, 4) is 11.3 Å². The van der Waals surface area contributed by atoms with E-state index >= 15 is 0 Å². The number of hydrogen-bond acceptors (Lipinski definition) is 5. The summed E-state index contributed by atoms with van der Waals surface area (Å²) < 4.78 is 0. The Morgan fingerprint density at radius 2 is 1.86 bits per heavy atom. The lowest BCUT2D eigenvalue weighted by molar-refractivity contribution is 0.363. The van der Waals surface area contributed by atoms with Crippen molar-refractivity contribution in [3.05, 3.63) is 36.0 Å². The number of aromatic nitrogens is 2. The molecule has 1 aromatic carbocycles. The minimum absolute atomic E-state index is 0.0729. The molecule has 1 fully saturated rings. The van der Waals surface area contributed by atoms with E-state index in [9.17, 15) is 0 Å². The van der Waals surface area contributed by atoms with Crippen molar-refractivity contribution >= 4 is 11.6 Å². The maximum absolute atomic E-state index is 6.18. The Balaban J connectivity index is 1.86. The van der Waals surface area contributed by atoms with Crippen LogP contribution in [-0.2, 0) is 0 Å². The first-order chi connectivity index (χ1) is 10.5. The van der Waals surface area contributed by atoms with E-state index in [1.54, 1.807) is 0 Å². The van der Waals surface area contributed by atoms with Gasteiger partial charge < -0.3 is 16.4 Å². The molecule has 0 radical (unpaired) electrons. The molecule has 0 unspecified atom stereocenters. The molecule has 1 aliphatic heterocycles. The monoisotopic (exact) mass is 297 g/mol. The number of benzene rings is 1. The fraction of sp³-hybridized carbons (Fsp3) is 0.412. The maximum atomic E-state index is 6.18.